The number of hydrogen-bond acceptors (Lipinski definition) is 6. The van der Waals surface area contributed by atoms with Crippen molar-refractivity contribution in [2.75, 3.05) is 25.9 Å². The highest BCUT2D eigenvalue weighted by Gasteiger charge is 2.56. The molecule has 2 aromatic carbocycles. The van der Waals surface area contributed by atoms with Crippen LogP contribution in [0.5, 0.6) is 0 Å². The molecule has 0 aliphatic carbocycles. The van der Waals surface area contributed by atoms with Crippen LogP contribution in [0, 0.1) is 5.92 Å². The van der Waals surface area contributed by atoms with Gasteiger partial charge in [0.2, 0.25) is 0 Å². The fourth-order valence-corrected chi connectivity index (χ4v) is 5.32. The molecule has 2 fully saturated rings. The van der Waals surface area contributed by atoms with E-state index < -0.39 is 23.2 Å². The first-order valence-electron chi connectivity index (χ1n) is 11.0. The number of alkyl halides is 3. The van der Waals surface area contributed by atoms with Crippen LogP contribution < -0.4 is 5.32 Å². The Kier molecular flexibility index (Phi) is 7.16. The topological polar surface area (TPSA) is 53.9 Å². The number of halogens is 3. The lowest BCUT2D eigenvalue weighted by Gasteiger charge is -2.33. The summed E-state index contributed by atoms with van der Waals surface area (Å²) in [7, 11) is 0. The molecule has 0 unspecified atom stereocenters. The molecule has 180 valence electrons. The van der Waals surface area contributed by atoms with Gasteiger partial charge in [-0.3, -0.25) is 4.99 Å². The first kappa shape index (κ1) is 24.5. The van der Waals surface area contributed by atoms with E-state index in [1.165, 1.54) is 17.8 Å². The first-order valence-corrected chi connectivity index (χ1v) is 12.2. The molecule has 0 amide bonds. The van der Waals surface area contributed by atoms with Gasteiger partial charge in [-0.1, -0.05) is 36.4 Å². The number of thioether (sulfide) groups is 1. The molecular formula is C25H26F3N3O2S. The SMILES string of the molecule is C=C[C@@]12CCN[C@@H]1[C@@H](CN=C(SC)c1cccc(C(F)(F)F)c1)CN2OC(=O)c1ccccc1. The smallest absolute Gasteiger partial charge is 0.363 e. The second kappa shape index (κ2) is 9.93. The van der Waals surface area contributed by atoms with Crippen molar-refractivity contribution in [3.8, 4) is 0 Å². The summed E-state index contributed by atoms with van der Waals surface area (Å²) in [6, 6.07) is 13.9. The molecule has 4 rings (SSSR count). The molecule has 0 bridgehead atoms. The number of benzene rings is 2. The third-order valence-electron chi connectivity index (χ3n) is 6.42. The van der Waals surface area contributed by atoms with Gasteiger partial charge in [0, 0.05) is 30.6 Å². The Labute approximate surface area is 201 Å². The summed E-state index contributed by atoms with van der Waals surface area (Å²) in [6.07, 6.45) is -0.0661. The van der Waals surface area contributed by atoms with Gasteiger partial charge in [0.25, 0.3) is 0 Å². The van der Waals surface area contributed by atoms with E-state index in [2.05, 4.69) is 16.9 Å². The predicted octanol–water partition coefficient (Wildman–Crippen LogP) is 4.81. The van der Waals surface area contributed by atoms with Crippen molar-refractivity contribution in [3.05, 3.63) is 83.9 Å². The fourth-order valence-electron chi connectivity index (χ4n) is 4.75. The van der Waals surface area contributed by atoms with Crippen molar-refractivity contribution in [2.45, 2.75) is 24.2 Å². The summed E-state index contributed by atoms with van der Waals surface area (Å²) in [5, 5.41) is 5.72. The van der Waals surface area contributed by atoms with Crippen LogP contribution in [-0.2, 0) is 11.0 Å². The summed E-state index contributed by atoms with van der Waals surface area (Å²) < 4.78 is 39.5. The number of hydrogen-bond donors (Lipinski definition) is 1. The molecule has 0 aromatic heterocycles. The number of nitrogens with zero attached hydrogens (tertiary/aromatic N) is 2. The highest BCUT2D eigenvalue weighted by Crippen LogP contribution is 2.41. The van der Waals surface area contributed by atoms with Gasteiger partial charge >= 0.3 is 12.1 Å². The fraction of sp³-hybridized carbons (Fsp3) is 0.360. The molecule has 2 aromatic rings. The minimum atomic E-state index is -4.41. The van der Waals surface area contributed by atoms with Crippen LogP contribution in [0.3, 0.4) is 0 Å². The largest absolute Gasteiger partial charge is 0.416 e. The summed E-state index contributed by atoms with van der Waals surface area (Å²) in [6.45, 7) is 5.56. The Morgan fingerprint density at radius 1 is 1.26 bits per heavy atom. The predicted molar refractivity (Wildman–Crippen MR) is 128 cm³/mol. The molecule has 2 aliphatic rings. The van der Waals surface area contributed by atoms with Gasteiger partial charge in [-0.25, -0.2) is 4.79 Å². The second-order valence-corrected chi connectivity index (χ2v) is 9.17. The van der Waals surface area contributed by atoms with Gasteiger partial charge in [0.1, 0.15) is 0 Å². The lowest BCUT2D eigenvalue weighted by molar-refractivity contribution is -0.142. The van der Waals surface area contributed by atoms with Gasteiger partial charge in [0.05, 0.1) is 21.7 Å². The van der Waals surface area contributed by atoms with Gasteiger partial charge in [-0.15, -0.1) is 23.4 Å². The molecular weight excluding hydrogens is 463 g/mol. The van der Waals surface area contributed by atoms with E-state index in [4.69, 9.17) is 4.84 Å². The van der Waals surface area contributed by atoms with Gasteiger partial charge < -0.3 is 10.2 Å². The Balaban J connectivity index is 1.54. The zero-order chi connectivity index (χ0) is 24.3. The van der Waals surface area contributed by atoms with Gasteiger partial charge in [-0.2, -0.15) is 13.2 Å². The average Bonchev–Trinajstić information content (AvgIpc) is 3.39. The maximum Gasteiger partial charge on any atom is 0.416 e. The van der Waals surface area contributed by atoms with Gasteiger partial charge in [0.15, 0.2) is 0 Å². The second-order valence-electron chi connectivity index (χ2n) is 8.37. The monoisotopic (exact) mass is 489 g/mol. The normalized spacial score (nSPS) is 25.2. The maximum absolute atomic E-state index is 13.2. The van der Waals surface area contributed by atoms with Crippen LogP contribution in [0.25, 0.3) is 0 Å². The van der Waals surface area contributed by atoms with E-state index in [-0.39, 0.29) is 12.0 Å². The average molecular weight is 490 g/mol. The molecule has 34 heavy (non-hydrogen) atoms. The number of fused-ring (bicyclic) bond motifs is 1. The van der Waals surface area contributed by atoms with E-state index >= 15 is 0 Å². The van der Waals surface area contributed by atoms with Crippen molar-refractivity contribution in [1.29, 1.82) is 0 Å². The summed E-state index contributed by atoms with van der Waals surface area (Å²) in [5.41, 5.74) is -0.364. The molecule has 3 atom stereocenters. The van der Waals surface area contributed by atoms with Crippen LogP contribution in [0.2, 0.25) is 0 Å². The third kappa shape index (κ3) is 4.78. The van der Waals surface area contributed by atoms with E-state index in [0.29, 0.717) is 29.3 Å². The Bertz CT molecular complexity index is 1080. The van der Waals surface area contributed by atoms with Crippen LogP contribution in [0.1, 0.15) is 27.9 Å². The molecule has 0 radical (unpaired) electrons. The quantitative estimate of drug-likeness (QED) is 0.359. The highest BCUT2D eigenvalue weighted by atomic mass is 32.2. The van der Waals surface area contributed by atoms with Crippen molar-refractivity contribution >= 4 is 22.8 Å². The summed E-state index contributed by atoms with van der Waals surface area (Å²) >= 11 is 1.31. The first-order chi connectivity index (χ1) is 16.3. The molecule has 1 N–H and O–H groups in total. The molecule has 5 nitrogen and oxygen atoms in total. The standard InChI is InChI=1S/C25H26F3N3O2S/c1-3-24-12-13-29-21(24)19(16-31(24)33-23(32)17-8-5-4-6-9-17)15-30-22(34-2)18-10-7-11-20(14-18)25(26,27)28/h3-11,14,19,21,29H,1,12-13,15-16H2,2H3/t19-,21+,24+/m0/s1. The number of aliphatic imine (C=N–C) groups is 1. The summed E-state index contributed by atoms with van der Waals surface area (Å²) in [4.78, 5) is 23.2. The van der Waals surface area contributed by atoms with Crippen LogP contribution in [-0.4, -0.2) is 53.5 Å². The summed E-state index contributed by atoms with van der Waals surface area (Å²) in [5.74, 6) is -0.456. The van der Waals surface area contributed by atoms with E-state index in [1.807, 2.05) is 12.1 Å². The van der Waals surface area contributed by atoms with E-state index in [0.717, 1.165) is 25.1 Å². The Hall–Kier alpha value is -2.62. The molecule has 2 heterocycles. The number of carbonyl (C=O) groups excluding carboxylic acids is 1. The molecule has 2 saturated heterocycles. The molecule has 2 aliphatic heterocycles. The number of rotatable bonds is 6. The van der Waals surface area contributed by atoms with Crippen molar-refractivity contribution in [3.63, 3.8) is 0 Å². The molecule has 0 spiro atoms. The van der Waals surface area contributed by atoms with Crippen LogP contribution in [0.4, 0.5) is 13.2 Å². The molecule has 9 heteroatoms. The Morgan fingerprint density at radius 3 is 2.68 bits per heavy atom. The van der Waals surface area contributed by atoms with Crippen molar-refractivity contribution in [1.82, 2.24) is 10.4 Å². The van der Waals surface area contributed by atoms with E-state index in [1.54, 1.807) is 41.7 Å². The molecule has 0 saturated carbocycles. The Morgan fingerprint density at radius 2 is 2.00 bits per heavy atom. The lowest BCUT2D eigenvalue weighted by atomic mass is 9.87. The zero-order valence-corrected chi connectivity index (χ0v) is 19.5. The third-order valence-corrected chi connectivity index (χ3v) is 7.17. The zero-order valence-electron chi connectivity index (χ0n) is 18.7. The van der Waals surface area contributed by atoms with Crippen molar-refractivity contribution in [2.24, 2.45) is 10.9 Å². The maximum atomic E-state index is 13.2. The minimum Gasteiger partial charge on any atom is -0.363 e. The number of nitrogens with one attached hydrogen (secondary N) is 1. The number of hydroxylamine groups is 2. The minimum absolute atomic E-state index is 0.0166. The van der Waals surface area contributed by atoms with Gasteiger partial charge in [-0.05, 0) is 43.5 Å². The van der Waals surface area contributed by atoms with Crippen molar-refractivity contribution < 1.29 is 22.8 Å². The lowest BCUT2D eigenvalue weighted by Crippen LogP contribution is -2.49. The van der Waals surface area contributed by atoms with Crippen LogP contribution in [0.15, 0.2) is 72.2 Å². The number of carbonyl (C=O) groups is 1. The van der Waals surface area contributed by atoms with E-state index in [9.17, 15) is 18.0 Å². The highest BCUT2D eigenvalue weighted by molar-refractivity contribution is 8.13. The van der Waals surface area contributed by atoms with Crippen LogP contribution >= 0.6 is 11.8 Å².